The van der Waals surface area contributed by atoms with Gasteiger partial charge in [-0.2, -0.15) is 0 Å². The zero-order chi connectivity index (χ0) is 14.0. The van der Waals surface area contributed by atoms with Crippen molar-refractivity contribution in [2.24, 2.45) is 0 Å². The maximum atomic E-state index is 12.9. The molecule has 0 spiro atoms. The highest BCUT2D eigenvalue weighted by atomic mass is 79.9. The maximum absolute atomic E-state index is 12.9. The first-order valence-electron chi connectivity index (χ1n) is 4.97. The summed E-state index contributed by atoms with van der Waals surface area (Å²) >= 11 is 8.90. The Kier molecular flexibility index (Phi) is 4.07. The molecular weight excluding hydrogens is 359 g/mol. The van der Waals surface area contributed by atoms with Gasteiger partial charge in [-0.25, -0.2) is 12.8 Å². The Balaban J connectivity index is 2.38. The summed E-state index contributed by atoms with van der Waals surface area (Å²) in [5, 5.41) is -0.185. The summed E-state index contributed by atoms with van der Waals surface area (Å²) in [7, 11) is -3.89. The topological polar surface area (TPSA) is 59.1 Å². The smallest absolute Gasteiger partial charge is 0.263 e. The number of hydrogen-bond donors (Lipinski definition) is 1. The lowest BCUT2D eigenvalue weighted by atomic mass is 10.3. The Labute approximate surface area is 122 Å². The minimum Gasteiger partial charge on any atom is -0.278 e. The van der Waals surface area contributed by atoms with E-state index in [-0.39, 0.29) is 15.6 Å². The van der Waals surface area contributed by atoms with Crippen LogP contribution in [0.1, 0.15) is 0 Å². The van der Waals surface area contributed by atoms with Crippen LogP contribution in [0.2, 0.25) is 5.02 Å². The predicted molar refractivity (Wildman–Crippen MR) is 74.2 cm³/mol. The molecule has 0 aliphatic heterocycles. The molecule has 2 rings (SSSR count). The van der Waals surface area contributed by atoms with Crippen LogP contribution in [-0.2, 0) is 10.0 Å². The number of sulfonamides is 1. The number of anilines is 1. The lowest BCUT2D eigenvalue weighted by Gasteiger charge is -2.09. The second-order valence-corrected chi connectivity index (χ2v) is 6.55. The van der Waals surface area contributed by atoms with Crippen molar-refractivity contribution >= 4 is 43.2 Å². The first-order chi connectivity index (χ1) is 8.88. The zero-order valence-electron chi connectivity index (χ0n) is 9.27. The van der Waals surface area contributed by atoms with Gasteiger partial charge in [-0.15, -0.1) is 0 Å². The van der Waals surface area contributed by atoms with Crippen LogP contribution in [-0.4, -0.2) is 13.4 Å². The van der Waals surface area contributed by atoms with Crippen LogP contribution < -0.4 is 4.72 Å². The molecule has 4 nitrogen and oxygen atoms in total. The maximum Gasteiger partial charge on any atom is 0.263 e. The molecule has 0 fully saturated rings. The molecular formula is C11H7BrClFN2O2S. The van der Waals surface area contributed by atoms with Gasteiger partial charge in [0, 0.05) is 10.7 Å². The highest BCUT2D eigenvalue weighted by molar-refractivity contribution is 9.10. The van der Waals surface area contributed by atoms with E-state index in [9.17, 15) is 12.8 Å². The number of pyridine rings is 1. The van der Waals surface area contributed by atoms with Crippen LogP contribution in [0.3, 0.4) is 0 Å². The molecule has 0 saturated heterocycles. The number of nitrogens with one attached hydrogen (secondary N) is 1. The third-order valence-corrected chi connectivity index (χ3v) is 4.44. The van der Waals surface area contributed by atoms with Crippen molar-refractivity contribution in [2.75, 3.05) is 4.72 Å². The molecule has 1 heterocycles. The Morgan fingerprint density at radius 1 is 1.26 bits per heavy atom. The van der Waals surface area contributed by atoms with Gasteiger partial charge >= 0.3 is 0 Å². The molecule has 0 unspecified atom stereocenters. The number of halogens is 3. The lowest BCUT2D eigenvalue weighted by molar-refractivity contribution is 0.599. The summed E-state index contributed by atoms with van der Waals surface area (Å²) < 4.78 is 40.0. The lowest BCUT2D eigenvalue weighted by Crippen LogP contribution is -2.13. The molecule has 0 aliphatic rings. The van der Waals surface area contributed by atoms with Crippen LogP contribution in [0.15, 0.2) is 46.0 Å². The van der Waals surface area contributed by atoms with Crippen LogP contribution in [0.5, 0.6) is 0 Å². The van der Waals surface area contributed by atoms with Crippen molar-refractivity contribution in [1.82, 2.24) is 4.98 Å². The van der Waals surface area contributed by atoms with Crippen LogP contribution >= 0.6 is 27.5 Å². The molecule has 8 heteroatoms. The highest BCUT2D eigenvalue weighted by Crippen LogP contribution is 2.25. The normalized spacial score (nSPS) is 11.3. The van der Waals surface area contributed by atoms with Crippen molar-refractivity contribution in [3.63, 3.8) is 0 Å². The molecule has 1 N–H and O–H groups in total. The van der Waals surface area contributed by atoms with E-state index in [0.717, 1.165) is 18.2 Å². The van der Waals surface area contributed by atoms with E-state index in [1.807, 2.05) is 0 Å². The van der Waals surface area contributed by atoms with Crippen LogP contribution in [0, 0.1) is 5.82 Å². The molecule has 1 aromatic heterocycles. The van der Waals surface area contributed by atoms with Crippen molar-refractivity contribution in [2.45, 2.75) is 4.90 Å². The summed E-state index contributed by atoms with van der Waals surface area (Å²) in [6.45, 7) is 0. The van der Waals surface area contributed by atoms with E-state index in [1.165, 1.54) is 12.4 Å². The van der Waals surface area contributed by atoms with E-state index in [4.69, 9.17) is 11.6 Å². The first kappa shape index (κ1) is 14.2. The predicted octanol–water partition coefficient (Wildman–Crippen LogP) is 3.44. The number of rotatable bonds is 3. The quantitative estimate of drug-likeness (QED) is 0.906. The SMILES string of the molecule is O=S(=O)(Nc1cncc(Br)c1)c1ccc(F)cc1Cl. The average Bonchev–Trinajstić information content (AvgIpc) is 2.27. The molecule has 100 valence electrons. The fourth-order valence-electron chi connectivity index (χ4n) is 1.37. The molecule has 2 aromatic rings. The minimum atomic E-state index is -3.89. The van der Waals surface area contributed by atoms with Crippen molar-refractivity contribution < 1.29 is 12.8 Å². The molecule has 0 atom stereocenters. The summed E-state index contributed by atoms with van der Waals surface area (Å²) in [5.41, 5.74) is 0.273. The number of benzene rings is 1. The van der Waals surface area contributed by atoms with Crippen LogP contribution in [0.4, 0.5) is 10.1 Å². The van der Waals surface area contributed by atoms with Gasteiger partial charge in [-0.05, 0) is 40.2 Å². The third-order valence-electron chi connectivity index (χ3n) is 2.14. The van der Waals surface area contributed by atoms with Crippen molar-refractivity contribution in [3.05, 3.63) is 52.0 Å². The number of aromatic nitrogens is 1. The standard InChI is InChI=1S/C11H7BrClFN2O2S/c12-7-3-9(6-15-5-7)16-19(17,18)11-2-1-8(14)4-10(11)13/h1-6,16H. The molecule has 0 radical (unpaired) electrons. The van der Waals surface area contributed by atoms with E-state index >= 15 is 0 Å². The Bertz CT molecular complexity index is 724. The van der Waals surface area contributed by atoms with Gasteiger partial charge in [0.05, 0.1) is 16.9 Å². The second-order valence-electron chi connectivity index (χ2n) is 3.57. The van der Waals surface area contributed by atoms with E-state index in [1.54, 1.807) is 6.07 Å². The van der Waals surface area contributed by atoms with Crippen molar-refractivity contribution in [1.29, 1.82) is 0 Å². The Morgan fingerprint density at radius 3 is 2.63 bits per heavy atom. The molecule has 0 saturated carbocycles. The Hall–Kier alpha value is -1.18. The number of hydrogen-bond acceptors (Lipinski definition) is 3. The monoisotopic (exact) mass is 364 g/mol. The molecule has 0 amide bonds. The zero-order valence-corrected chi connectivity index (χ0v) is 12.4. The fraction of sp³-hybridized carbons (Fsp3) is 0. The third kappa shape index (κ3) is 3.43. The van der Waals surface area contributed by atoms with Gasteiger partial charge in [0.25, 0.3) is 10.0 Å². The highest BCUT2D eigenvalue weighted by Gasteiger charge is 2.18. The summed E-state index contributed by atoms with van der Waals surface area (Å²) in [4.78, 5) is 3.63. The van der Waals surface area contributed by atoms with Crippen LogP contribution in [0.25, 0.3) is 0 Å². The van der Waals surface area contributed by atoms with Gasteiger partial charge < -0.3 is 0 Å². The summed E-state index contributed by atoms with van der Waals surface area (Å²) in [6, 6.07) is 4.61. The van der Waals surface area contributed by atoms with E-state index in [2.05, 4.69) is 25.6 Å². The average molecular weight is 366 g/mol. The fourth-order valence-corrected chi connectivity index (χ4v) is 3.30. The molecule has 0 bridgehead atoms. The minimum absolute atomic E-state index is 0.185. The summed E-state index contributed by atoms with van der Waals surface area (Å²) in [5.74, 6) is -0.604. The Morgan fingerprint density at radius 2 is 2.00 bits per heavy atom. The van der Waals surface area contributed by atoms with Gasteiger partial charge in [-0.1, -0.05) is 11.6 Å². The second kappa shape index (κ2) is 5.44. The van der Waals surface area contributed by atoms with Gasteiger partial charge in [0.2, 0.25) is 0 Å². The summed E-state index contributed by atoms with van der Waals surface area (Å²) in [6.07, 6.45) is 2.86. The molecule has 19 heavy (non-hydrogen) atoms. The van der Waals surface area contributed by atoms with E-state index < -0.39 is 15.8 Å². The molecule has 0 aliphatic carbocycles. The van der Waals surface area contributed by atoms with Crippen molar-refractivity contribution in [3.8, 4) is 0 Å². The largest absolute Gasteiger partial charge is 0.278 e. The van der Waals surface area contributed by atoms with Gasteiger partial charge in [-0.3, -0.25) is 9.71 Å². The first-order valence-corrected chi connectivity index (χ1v) is 7.62. The van der Waals surface area contributed by atoms with Gasteiger partial charge in [0.1, 0.15) is 10.7 Å². The van der Waals surface area contributed by atoms with E-state index in [0.29, 0.717) is 4.47 Å². The van der Waals surface area contributed by atoms with Gasteiger partial charge in [0.15, 0.2) is 0 Å². The molecule has 1 aromatic carbocycles. The number of nitrogens with zero attached hydrogens (tertiary/aromatic N) is 1.